The van der Waals surface area contributed by atoms with Crippen LogP contribution in [0.3, 0.4) is 0 Å². The van der Waals surface area contributed by atoms with E-state index < -0.39 is 0 Å². The highest BCUT2D eigenvalue weighted by atomic mass is 15.1. The second-order valence-corrected chi connectivity index (χ2v) is 14.6. The van der Waals surface area contributed by atoms with Crippen LogP contribution in [0, 0.1) is 0 Å². The van der Waals surface area contributed by atoms with Gasteiger partial charge < -0.3 is 4.57 Å². The molecule has 0 N–H and O–H groups in total. The Kier molecular flexibility index (Phi) is 6.60. The number of hydrogen-bond acceptors (Lipinski definition) is 2. The molecule has 0 radical (unpaired) electrons. The number of rotatable bonds is 4. The Labute approximate surface area is 322 Å². The molecule has 0 saturated heterocycles. The SMILES string of the molecule is c1ccc(-c2nc3ccccc3nc2-n2c3ccccc3c3cc4c5cc(-c6ccccc6)c6ccccc6c5n(-c5ccc6ccccc6c5)c4cc32)cc1. The maximum atomic E-state index is 5.41. The molecular formula is C52H32N4. The van der Waals surface area contributed by atoms with Crippen LogP contribution in [0.25, 0.3) is 110 Å². The molecule has 4 heteroatoms. The van der Waals surface area contributed by atoms with Gasteiger partial charge in [0.05, 0.1) is 33.1 Å². The molecule has 0 aliphatic rings. The first kappa shape index (κ1) is 30.9. The van der Waals surface area contributed by atoms with Gasteiger partial charge in [0, 0.05) is 38.2 Å². The molecule has 0 fully saturated rings. The Morgan fingerprint density at radius 1 is 0.339 bits per heavy atom. The Hall–Kier alpha value is -7.56. The number of hydrogen-bond donors (Lipinski definition) is 0. The van der Waals surface area contributed by atoms with Gasteiger partial charge in [-0.2, -0.15) is 0 Å². The zero-order valence-electron chi connectivity index (χ0n) is 30.3. The summed E-state index contributed by atoms with van der Waals surface area (Å²) < 4.78 is 4.82. The highest BCUT2D eigenvalue weighted by Crippen LogP contribution is 2.45. The second-order valence-electron chi connectivity index (χ2n) is 14.6. The largest absolute Gasteiger partial charge is 0.309 e. The van der Waals surface area contributed by atoms with Crippen molar-refractivity contribution in [1.82, 2.24) is 19.1 Å². The van der Waals surface area contributed by atoms with E-state index in [4.69, 9.17) is 9.97 Å². The standard InChI is InChI=1S/C52H32N4/c1-3-16-34(17-4-1)41-30-44-43-31-42-39-22-11-14-26-47(39)56(52-50(35-18-5-2-6-19-35)53-45-24-12-13-25-46(45)54-52)49(42)32-48(43)55(51(44)40-23-10-9-21-38(40)41)37-28-27-33-15-7-8-20-36(33)29-37/h1-32H. The molecule has 3 heterocycles. The van der Waals surface area contributed by atoms with Crippen molar-refractivity contribution in [2.45, 2.75) is 0 Å². The van der Waals surface area contributed by atoms with Gasteiger partial charge in [-0.3, -0.25) is 4.57 Å². The maximum absolute atomic E-state index is 5.41. The summed E-state index contributed by atoms with van der Waals surface area (Å²) in [4.78, 5) is 10.7. The van der Waals surface area contributed by atoms with Crippen molar-refractivity contribution in [2.24, 2.45) is 0 Å². The molecule has 0 aliphatic heterocycles. The van der Waals surface area contributed by atoms with Crippen LogP contribution >= 0.6 is 0 Å². The van der Waals surface area contributed by atoms with Crippen molar-refractivity contribution in [1.29, 1.82) is 0 Å². The van der Waals surface area contributed by atoms with Gasteiger partial charge in [-0.1, -0.05) is 146 Å². The lowest BCUT2D eigenvalue weighted by atomic mass is 9.95. The Morgan fingerprint density at radius 3 is 1.75 bits per heavy atom. The van der Waals surface area contributed by atoms with Gasteiger partial charge in [0.2, 0.25) is 0 Å². The molecule has 0 aliphatic carbocycles. The quantitative estimate of drug-likeness (QED) is 0.182. The topological polar surface area (TPSA) is 35.6 Å². The van der Waals surface area contributed by atoms with Crippen LogP contribution in [0.5, 0.6) is 0 Å². The average Bonchev–Trinajstić information content (AvgIpc) is 3.77. The molecule has 0 saturated carbocycles. The van der Waals surface area contributed by atoms with E-state index >= 15 is 0 Å². The van der Waals surface area contributed by atoms with Crippen LogP contribution in [0.1, 0.15) is 0 Å². The first-order valence-electron chi connectivity index (χ1n) is 19.1. The molecule has 12 aromatic rings. The molecule has 3 aromatic heterocycles. The van der Waals surface area contributed by atoms with Crippen LogP contribution in [-0.2, 0) is 0 Å². The minimum atomic E-state index is 0.811. The molecule has 0 amide bonds. The van der Waals surface area contributed by atoms with Crippen molar-refractivity contribution in [2.75, 3.05) is 0 Å². The van der Waals surface area contributed by atoms with E-state index in [9.17, 15) is 0 Å². The third-order valence-electron chi connectivity index (χ3n) is 11.4. The molecule has 0 unspecified atom stereocenters. The lowest BCUT2D eigenvalue weighted by Crippen LogP contribution is -2.03. The summed E-state index contributed by atoms with van der Waals surface area (Å²) in [7, 11) is 0. The number of fused-ring (bicyclic) bond motifs is 10. The molecule has 0 atom stereocenters. The van der Waals surface area contributed by atoms with Gasteiger partial charge in [-0.15, -0.1) is 0 Å². The summed E-state index contributed by atoms with van der Waals surface area (Å²) in [5.41, 5.74) is 11.7. The number of aromatic nitrogens is 4. The van der Waals surface area contributed by atoms with Gasteiger partial charge in [-0.05, 0) is 75.8 Å². The molecule has 4 nitrogen and oxygen atoms in total. The molecule has 0 bridgehead atoms. The molecule has 260 valence electrons. The highest BCUT2D eigenvalue weighted by Gasteiger charge is 2.23. The van der Waals surface area contributed by atoms with E-state index in [1.54, 1.807) is 0 Å². The van der Waals surface area contributed by atoms with Gasteiger partial charge in [-0.25, -0.2) is 9.97 Å². The number of para-hydroxylation sites is 3. The van der Waals surface area contributed by atoms with Gasteiger partial charge in [0.25, 0.3) is 0 Å². The molecule has 56 heavy (non-hydrogen) atoms. The predicted octanol–water partition coefficient (Wildman–Crippen LogP) is 13.5. The molecule has 9 aromatic carbocycles. The summed E-state index contributed by atoms with van der Waals surface area (Å²) in [5, 5.41) is 9.66. The lowest BCUT2D eigenvalue weighted by Gasteiger charge is -2.14. The smallest absolute Gasteiger partial charge is 0.165 e. The van der Waals surface area contributed by atoms with E-state index in [-0.39, 0.29) is 0 Å². The van der Waals surface area contributed by atoms with Crippen molar-refractivity contribution >= 4 is 76.2 Å². The van der Waals surface area contributed by atoms with E-state index in [1.807, 2.05) is 24.3 Å². The maximum Gasteiger partial charge on any atom is 0.165 e. The third-order valence-corrected chi connectivity index (χ3v) is 11.4. The summed E-state index contributed by atoms with van der Waals surface area (Å²) >= 11 is 0. The Bertz CT molecular complexity index is 3520. The molecular weight excluding hydrogens is 681 g/mol. The minimum Gasteiger partial charge on any atom is -0.309 e. The van der Waals surface area contributed by atoms with Crippen molar-refractivity contribution in [3.05, 3.63) is 194 Å². The fourth-order valence-corrected chi connectivity index (χ4v) is 8.94. The summed E-state index contributed by atoms with van der Waals surface area (Å²) in [6.45, 7) is 0. The van der Waals surface area contributed by atoms with Gasteiger partial charge >= 0.3 is 0 Å². The van der Waals surface area contributed by atoms with Gasteiger partial charge in [0.15, 0.2) is 5.82 Å². The van der Waals surface area contributed by atoms with E-state index in [0.717, 1.165) is 50.3 Å². The Balaban J connectivity index is 1.27. The van der Waals surface area contributed by atoms with Crippen LogP contribution in [-0.4, -0.2) is 19.1 Å². The molecule has 0 spiro atoms. The third kappa shape index (κ3) is 4.53. The lowest BCUT2D eigenvalue weighted by molar-refractivity contribution is 1.08. The highest BCUT2D eigenvalue weighted by molar-refractivity contribution is 6.25. The van der Waals surface area contributed by atoms with Gasteiger partial charge in [0.1, 0.15) is 5.69 Å². The molecule has 12 rings (SSSR count). The number of benzene rings is 9. The van der Waals surface area contributed by atoms with Crippen LogP contribution in [0.2, 0.25) is 0 Å². The van der Waals surface area contributed by atoms with E-state index in [0.29, 0.717) is 0 Å². The van der Waals surface area contributed by atoms with Crippen LogP contribution in [0.4, 0.5) is 0 Å². The predicted molar refractivity (Wildman–Crippen MR) is 234 cm³/mol. The monoisotopic (exact) mass is 712 g/mol. The summed E-state index contributed by atoms with van der Waals surface area (Å²) in [6.07, 6.45) is 0. The summed E-state index contributed by atoms with van der Waals surface area (Å²) in [6, 6.07) is 69.7. The van der Waals surface area contributed by atoms with Crippen molar-refractivity contribution in [3.63, 3.8) is 0 Å². The summed E-state index contributed by atoms with van der Waals surface area (Å²) in [5.74, 6) is 0.811. The van der Waals surface area contributed by atoms with Crippen LogP contribution in [0.15, 0.2) is 194 Å². The zero-order chi connectivity index (χ0) is 36.7. The van der Waals surface area contributed by atoms with Crippen molar-refractivity contribution < 1.29 is 0 Å². The average molecular weight is 713 g/mol. The normalized spacial score (nSPS) is 11.9. The van der Waals surface area contributed by atoms with E-state index in [1.165, 1.54) is 59.7 Å². The minimum absolute atomic E-state index is 0.811. The zero-order valence-corrected chi connectivity index (χ0v) is 30.3. The first-order chi connectivity index (χ1) is 27.8. The first-order valence-corrected chi connectivity index (χ1v) is 19.1. The Morgan fingerprint density at radius 2 is 0.946 bits per heavy atom. The van der Waals surface area contributed by atoms with Crippen LogP contribution < -0.4 is 0 Å². The van der Waals surface area contributed by atoms with E-state index in [2.05, 4.69) is 179 Å². The number of nitrogens with zero attached hydrogens (tertiary/aromatic N) is 4. The van der Waals surface area contributed by atoms with Crippen molar-refractivity contribution in [3.8, 4) is 33.9 Å². The second kappa shape index (κ2) is 12.0. The fraction of sp³-hybridized carbons (Fsp3) is 0. The fourth-order valence-electron chi connectivity index (χ4n) is 8.94.